The quantitative estimate of drug-likeness (QED) is 0.386. The van der Waals surface area contributed by atoms with E-state index in [2.05, 4.69) is 0 Å². The Bertz CT molecular complexity index is 922. The highest BCUT2D eigenvalue weighted by molar-refractivity contribution is 5.73. The van der Waals surface area contributed by atoms with Gasteiger partial charge < -0.3 is 19.1 Å². The van der Waals surface area contributed by atoms with Crippen molar-refractivity contribution < 1.29 is 23.9 Å². The van der Waals surface area contributed by atoms with Crippen molar-refractivity contribution in [1.82, 2.24) is 0 Å². The van der Waals surface area contributed by atoms with Crippen molar-refractivity contribution in [3.05, 3.63) is 57.6 Å². The van der Waals surface area contributed by atoms with Crippen molar-refractivity contribution >= 4 is 17.3 Å². The third-order valence-electron chi connectivity index (χ3n) is 5.46. The number of methoxy groups -OCH3 is 2. The standard InChI is InChI=1S/C22H26N2O6/c1-15-12-20(28-2)21(29-3)13-17(15)14-30-22(25)16-8-10-23(11-9-16)18-6-4-5-7-19(18)24(26)27/h4-7,12-13,16H,8-11,14H2,1-3H3. The number of esters is 1. The predicted molar refractivity (Wildman–Crippen MR) is 112 cm³/mol. The number of benzene rings is 2. The zero-order valence-corrected chi connectivity index (χ0v) is 17.4. The zero-order valence-electron chi connectivity index (χ0n) is 17.4. The molecule has 1 aliphatic rings. The number of rotatable bonds is 7. The van der Waals surface area contributed by atoms with Crippen molar-refractivity contribution in [2.45, 2.75) is 26.4 Å². The van der Waals surface area contributed by atoms with Crippen molar-refractivity contribution in [2.75, 3.05) is 32.2 Å². The van der Waals surface area contributed by atoms with Gasteiger partial charge in [-0.25, -0.2) is 0 Å². The van der Waals surface area contributed by atoms with Crippen molar-refractivity contribution in [1.29, 1.82) is 0 Å². The smallest absolute Gasteiger partial charge is 0.309 e. The highest BCUT2D eigenvalue weighted by atomic mass is 16.6. The van der Waals surface area contributed by atoms with Gasteiger partial charge >= 0.3 is 5.97 Å². The van der Waals surface area contributed by atoms with E-state index < -0.39 is 0 Å². The van der Waals surface area contributed by atoms with Crippen LogP contribution in [0.25, 0.3) is 0 Å². The van der Waals surface area contributed by atoms with Crippen LogP contribution in [0.2, 0.25) is 0 Å². The molecule has 8 nitrogen and oxygen atoms in total. The maximum atomic E-state index is 12.6. The summed E-state index contributed by atoms with van der Waals surface area (Å²) < 4.78 is 16.2. The van der Waals surface area contributed by atoms with E-state index in [4.69, 9.17) is 14.2 Å². The maximum Gasteiger partial charge on any atom is 0.309 e. The van der Waals surface area contributed by atoms with E-state index in [1.165, 1.54) is 6.07 Å². The number of aryl methyl sites for hydroxylation is 1. The first-order chi connectivity index (χ1) is 14.4. The lowest BCUT2D eigenvalue weighted by molar-refractivity contribution is -0.384. The molecule has 0 bridgehead atoms. The van der Waals surface area contributed by atoms with Gasteiger partial charge in [0.15, 0.2) is 11.5 Å². The SMILES string of the molecule is COc1cc(C)c(COC(=O)C2CCN(c3ccccc3[N+](=O)[O-])CC2)cc1OC. The second-order valence-electron chi connectivity index (χ2n) is 7.25. The summed E-state index contributed by atoms with van der Waals surface area (Å²) >= 11 is 0. The van der Waals surface area contributed by atoms with Gasteiger partial charge in [-0.05, 0) is 49.1 Å². The number of ether oxygens (including phenoxy) is 3. The third-order valence-corrected chi connectivity index (χ3v) is 5.46. The molecule has 1 saturated heterocycles. The molecule has 0 radical (unpaired) electrons. The molecule has 0 spiro atoms. The van der Waals surface area contributed by atoms with Crippen molar-refractivity contribution in [3.8, 4) is 11.5 Å². The molecule has 1 heterocycles. The summed E-state index contributed by atoms with van der Waals surface area (Å²) in [6.45, 7) is 3.23. The van der Waals surface area contributed by atoms with Gasteiger partial charge in [-0.2, -0.15) is 0 Å². The second kappa shape index (κ2) is 9.47. The van der Waals surface area contributed by atoms with E-state index in [1.807, 2.05) is 24.0 Å². The Morgan fingerprint density at radius 3 is 2.40 bits per heavy atom. The number of piperidine rings is 1. The molecule has 0 amide bonds. The Morgan fingerprint density at radius 2 is 1.77 bits per heavy atom. The first kappa shape index (κ1) is 21.4. The summed E-state index contributed by atoms with van der Waals surface area (Å²) in [6, 6.07) is 10.4. The van der Waals surface area contributed by atoms with Crippen LogP contribution in [0.4, 0.5) is 11.4 Å². The van der Waals surface area contributed by atoms with E-state index in [1.54, 1.807) is 32.4 Å². The minimum atomic E-state index is -0.374. The molecule has 0 aromatic heterocycles. The van der Waals surface area contributed by atoms with Gasteiger partial charge in [-0.15, -0.1) is 0 Å². The van der Waals surface area contributed by atoms with E-state index in [0.29, 0.717) is 43.1 Å². The van der Waals surface area contributed by atoms with Crippen LogP contribution in [-0.4, -0.2) is 38.2 Å². The predicted octanol–water partition coefficient (Wildman–Crippen LogP) is 3.88. The normalized spacial score (nSPS) is 14.3. The van der Waals surface area contributed by atoms with E-state index in [9.17, 15) is 14.9 Å². The molecule has 1 aliphatic heterocycles. The molecule has 1 fully saturated rings. The highest BCUT2D eigenvalue weighted by Crippen LogP contribution is 2.33. The first-order valence-electron chi connectivity index (χ1n) is 9.81. The molecule has 2 aromatic rings. The van der Waals surface area contributed by atoms with E-state index in [0.717, 1.165) is 11.1 Å². The monoisotopic (exact) mass is 414 g/mol. The zero-order chi connectivity index (χ0) is 21.7. The van der Waals surface area contributed by atoms with E-state index >= 15 is 0 Å². The summed E-state index contributed by atoms with van der Waals surface area (Å²) in [5.74, 6) is 0.759. The number of nitro benzene ring substituents is 1. The Hall–Kier alpha value is -3.29. The summed E-state index contributed by atoms with van der Waals surface area (Å²) in [5, 5.41) is 11.3. The summed E-state index contributed by atoms with van der Waals surface area (Å²) in [7, 11) is 3.14. The molecule has 0 aliphatic carbocycles. The minimum absolute atomic E-state index is 0.0856. The van der Waals surface area contributed by atoms with Gasteiger partial charge in [0.25, 0.3) is 5.69 Å². The average Bonchev–Trinajstić information content (AvgIpc) is 2.77. The Labute approximate surface area is 175 Å². The fourth-order valence-corrected chi connectivity index (χ4v) is 3.69. The van der Waals surface area contributed by atoms with Gasteiger partial charge in [0.1, 0.15) is 12.3 Å². The summed E-state index contributed by atoms with van der Waals surface area (Å²) in [5.41, 5.74) is 2.49. The molecular weight excluding hydrogens is 388 g/mol. The number of hydrogen-bond donors (Lipinski definition) is 0. The lowest BCUT2D eigenvalue weighted by atomic mass is 9.96. The number of hydrogen-bond acceptors (Lipinski definition) is 7. The Morgan fingerprint density at radius 1 is 1.13 bits per heavy atom. The molecule has 0 atom stereocenters. The lowest BCUT2D eigenvalue weighted by Gasteiger charge is -2.32. The van der Waals surface area contributed by atoms with Crippen LogP contribution in [0.1, 0.15) is 24.0 Å². The Kier molecular flexibility index (Phi) is 6.76. The van der Waals surface area contributed by atoms with Gasteiger partial charge in [-0.3, -0.25) is 14.9 Å². The molecule has 0 unspecified atom stereocenters. The second-order valence-corrected chi connectivity index (χ2v) is 7.25. The average molecular weight is 414 g/mol. The van der Waals surface area contributed by atoms with Gasteiger partial charge in [-0.1, -0.05) is 12.1 Å². The van der Waals surface area contributed by atoms with Crippen LogP contribution in [0.5, 0.6) is 11.5 Å². The van der Waals surface area contributed by atoms with Gasteiger partial charge in [0.2, 0.25) is 0 Å². The highest BCUT2D eigenvalue weighted by Gasteiger charge is 2.29. The molecule has 2 aromatic carbocycles. The van der Waals surface area contributed by atoms with Crippen LogP contribution in [0, 0.1) is 23.0 Å². The van der Waals surface area contributed by atoms with Crippen molar-refractivity contribution in [3.63, 3.8) is 0 Å². The molecule has 3 rings (SSSR count). The van der Waals surface area contributed by atoms with E-state index in [-0.39, 0.29) is 29.1 Å². The molecule has 8 heteroatoms. The maximum absolute atomic E-state index is 12.6. The fraction of sp³-hybridized carbons (Fsp3) is 0.409. The third kappa shape index (κ3) is 4.64. The Balaban J connectivity index is 1.58. The van der Waals surface area contributed by atoms with Crippen LogP contribution in [-0.2, 0) is 16.1 Å². The molecule has 0 N–H and O–H groups in total. The van der Waals surface area contributed by atoms with Crippen molar-refractivity contribution in [2.24, 2.45) is 5.92 Å². The van der Waals surface area contributed by atoms with Crippen LogP contribution in [0.15, 0.2) is 36.4 Å². The van der Waals surface area contributed by atoms with Crippen LogP contribution in [0.3, 0.4) is 0 Å². The largest absolute Gasteiger partial charge is 0.493 e. The molecule has 30 heavy (non-hydrogen) atoms. The summed E-state index contributed by atoms with van der Waals surface area (Å²) in [6.07, 6.45) is 1.19. The molecule has 0 saturated carbocycles. The number of nitro groups is 1. The molecular formula is C22H26N2O6. The molecule has 160 valence electrons. The van der Waals surface area contributed by atoms with Gasteiger partial charge in [0, 0.05) is 19.2 Å². The number of carbonyl (C=O) groups excluding carboxylic acids is 1. The minimum Gasteiger partial charge on any atom is -0.493 e. The summed E-state index contributed by atoms with van der Waals surface area (Å²) in [4.78, 5) is 25.4. The lowest BCUT2D eigenvalue weighted by Crippen LogP contribution is -2.37. The van der Waals surface area contributed by atoms with Crippen LogP contribution < -0.4 is 14.4 Å². The number of nitrogens with zero attached hydrogens (tertiary/aromatic N) is 2. The van der Waals surface area contributed by atoms with Crippen LogP contribution >= 0.6 is 0 Å². The number of carbonyl (C=O) groups is 1. The first-order valence-corrected chi connectivity index (χ1v) is 9.81. The number of para-hydroxylation sites is 2. The van der Waals surface area contributed by atoms with Gasteiger partial charge in [0.05, 0.1) is 25.1 Å². The fourth-order valence-electron chi connectivity index (χ4n) is 3.69. The number of anilines is 1. The topological polar surface area (TPSA) is 91.1 Å².